The highest BCUT2D eigenvalue weighted by Crippen LogP contribution is 2.41. The van der Waals surface area contributed by atoms with Crippen LogP contribution in [0, 0.1) is 16.0 Å². The van der Waals surface area contributed by atoms with Crippen LogP contribution in [0.25, 0.3) is 0 Å². The van der Waals surface area contributed by atoms with Crippen LogP contribution in [0.15, 0.2) is 69.7 Å². The van der Waals surface area contributed by atoms with Crippen LogP contribution in [-0.2, 0) is 35.0 Å². The summed E-state index contributed by atoms with van der Waals surface area (Å²) < 4.78 is 22.2. The summed E-state index contributed by atoms with van der Waals surface area (Å²) in [7, 11) is 1.27. The van der Waals surface area contributed by atoms with Gasteiger partial charge in [0.2, 0.25) is 0 Å². The number of aliphatic imine (C=N–C) groups is 1. The zero-order valence-corrected chi connectivity index (χ0v) is 26.3. The Bertz CT molecular complexity index is 1370. The third kappa shape index (κ3) is 8.77. The van der Waals surface area contributed by atoms with Gasteiger partial charge < -0.3 is 18.9 Å². The molecular weight excluding hydrogens is 584 g/mol. The molecule has 1 fully saturated rings. The van der Waals surface area contributed by atoms with Crippen molar-refractivity contribution >= 4 is 35.1 Å². The van der Waals surface area contributed by atoms with Gasteiger partial charge in [0.15, 0.2) is 6.29 Å². The second-order valence-electron chi connectivity index (χ2n) is 10.7. The van der Waals surface area contributed by atoms with Gasteiger partial charge >= 0.3 is 11.9 Å². The number of methoxy groups -OCH3 is 1. The van der Waals surface area contributed by atoms with Crippen LogP contribution in [-0.4, -0.2) is 61.5 Å². The summed E-state index contributed by atoms with van der Waals surface area (Å²) in [6.45, 7) is 5.14. The lowest BCUT2D eigenvalue weighted by atomic mass is 9.74. The van der Waals surface area contributed by atoms with Crippen molar-refractivity contribution in [1.29, 1.82) is 0 Å². The number of thioether (sulfide) groups is 1. The van der Waals surface area contributed by atoms with Crippen molar-refractivity contribution in [3.05, 3.63) is 81.0 Å². The number of hydrogen-bond donors (Lipinski definition) is 0. The fourth-order valence-corrected chi connectivity index (χ4v) is 6.31. The van der Waals surface area contributed by atoms with Gasteiger partial charge in [-0.15, -0.1) is 11.8 Å². The molecule has 10 nitrogen and oxygen atoms in total. The maximum atomic E-state index is 13.5. The Morgan fingerprint density at radius 1 is 1.14 bits per heavy atom. The minimum Gasteiger partial charge on any atom is -0.468 e. The van der Waals surface area contributed by atoms with E-state index in [0.717, 1.165) is 42.9 Å². The molecule has 0 spiro atoms. The van der Waals surface area contributed by atoms with Crippen LogP contribution in [0.1, 0.15) is 63.0 Å². The lowest BCUT2D eigenvalue weighted by Crippen LogP contribution is -2.37. The van der Waals surface area contributed by atoms with Gasteiger partial charge in [-0.2, -0.15) is 0 Å². The second-order valence-corrected chi connectivity index (χ2v) is 11.9. The molecule has 2 heterocycles. The summed E-state index contributed by atoms with van der Waals surface area (Å²) in [6, 6.07) is 14.3. The molecule has 236 valence electrons. The molecule has 2 aromatic rings. The van der Waals surface area contributed by atoms with Gasteiger partial charge in [0.1, 0.15) is 5.92 Å². The molecule has 0 N–H and O–H groups in total. The van der Waals surface area contributed by atoms with Crippen LogP contribution in [0.4, 0.5) is 5.69 Å². The van der Waals surface area contributed by atoms with Crippen LogP contribution in [0.5, 0.6) is 0 Å². The SMILES string of the molecule is CCC1=NC(C)=C(C(=O)OCCCSc2ccc(CCOC3CCCCO3)cc2)C(c2cccc([N+](=O)[O-])c2)C1C(=O)OC. The van der Waals surface area contributed by atoms with Gasteiger partial charge in [-0.05, 0) is 68.7 Å². The van der Waals surface area contributed by atoms with Crippen LogP contribution < -0.4 is 0 Å². The van der Waals surface area contributed by atoms with Gasteiger partial charge in [0.25, 0.3) is 5.69 Å². The monoisotopic (exact) mass is 624 g/mol. The van der Waals surface area contributed by atoms with Crippen molar-refractivity contribution in [3.63, 3.8) is 0 Å². The molecule has 44 heavy (non-hydrogen) atoms. The van der Waals surface area contributed by atoms with E-state index in [1.54, 1.807) is 30.8 Å². The van der Waals surface area contributed by atoms with E-state index in [9.17, 15) is 19.7 Å². The maximum Gasteiger partial charge on any atom is 0.336 e. The molecule has 0 aromatic heterocycles. The molecule has 2 aromatic carbocycles. The van der Waals surface area contributed by atoms with E-state index >= 15 is 0 Å². The van der Waals surface area contributed by atoms with Crippen molar-refractivity contribution in [2.45, 2.75) is 69.5 Å². The molecule has 0 aliphatic carbocycles. The number of carbonyl (C=O) groups excluding carboxylic acids is 2. The van der Waals surface area contributed by atoms with E-state index in [1.807, 2.05) is 6.92 Å². The summed E-state index contributed by atoms with van der Waals surface area (Å²) in [5.41, 5.74) is 2.71. The Hall–Kier alpha value is -3.54. The standard InChI is InChI=1S/C33H40N2O8S/c1-4-27-31(32(36)40-3)30(24-9-7-10-25(21-24)35(38)39)29(22(2)34-27)33(37)43-18-8-20-44-26-14-12-23(13-15-26)16-19-42-28-11-5-6-17-41-28/h7,9-10,12-15,21,28,30-31H,4-6,8,11,16-20H2,1-3H3. The number of esters is 2. The highest BCUT2D eigenvalue weighted by Gasteiger charge is 2.43. The first kappa shape index (κ1) is 33.4. The van der Waals surface area contributed by atoms with E-state index in [0.29, 0.717) is 36.4 Å². The fourth-order valence-electron chi connectivity index (χ4n) is 5.49. The maximum absolute atomic E-state index is 13.5. The van der Waals surface area contributed by atoms with E-state index in [1.165, 1.54) is 24.8 Å². The molecule has 4 rings (SSSR count). The van der Waals surface area contributed by atoms with Gasteiger partial charge in [-0.1, -0.05) is 31.2 Å². The average Bonchev–Trinajstić information content (AvgIpc) is 3.04. The molecule has 1 saturated heterocycles. The molecule has 0 amide bonds. The van der Waals surface area contributed by atoms with Crippen molar-refractivity contribution in [2.24, 2.45) is 10.9 Å². The number of carbonyl (C=O) groups is 2. The van der Waals surface area contributed by atoms with E-state index < -0.39 is 28.7 Å². The Labute approximate surface area is 262 Å². The smallest absolute Gasteiger partial charge is 0.336 e. The number of nitrogens with zero attached hydrogens (tertiary/aromatic N) is 2. The van der Waals surface area contributed by atoms with Crippen molar-refractivity contribution < 1.29 is 33.5 Å². The van der Waals surface area contributed by atoms with Crippen LogP contribution >= 0.6 is 11.8 Å². The summed E-state index contributed by atoms with van der Waals surface area (Å²) in [6.07, 6.45) is 5.04. The first-order valence-electron chi connectivity index (χ1n) is 15.0. The Morgan fingerprint density at radius 3 is 2.61 bits per heavy atom. The summed E-state index contributed by atoms with van der Waals surface area (Å²) >= 11 is 1.67. The number of benzene rings is 2. The van der Waals surface area contributed by atoms with Crippen LogP contribution in [0.3, 0.4) is 0 Å². The largest absolute Gasteiger partial charge is 0.468 e. The summed E-state index contributed by atoms with van der Waals surface area (Å²) in [5, 5.41) is 11.5. The average molecular weight is 625 g/mol. The topological polar surface area (TPSA) is 127 Å². The van der Waals surface area contributed by atoms with Crippen molar-refractivity contribution in [1.82, 2.24) is 0 Å². The normalized spacial score (nSPS) is 20.2. The van der Waals surface area contributed by atoms with Crippen molar-refractivity contribution in [3.8, 4) is 0 Å². The van der Waals surface area contributed by atoms with Gasteiger partial charge in [0.05, 0.1) is 30.8 Å². The Kier molecular flexibility index (Phi) is 12.5. The number of nitro groups is 1. The van der Waals surface area contributed by atoms with E-state index in [4.69, 9.17) is 18.9 Å². The summed E-state index contributed by atoms with van der Waals surface area (Å²) in [5.74, 6) is -2.14. The summed E-state index contributed by atoms with van der Waals surface area (Å²) in [4.78, 5) is 43.1. The molecule has 11 heteroatoms. The third-order valence-corrected chi connectivity index (χ3v) is 8.83. The van der Waals surface area contributed by atoms with E-state index in [-0.39, 0.29) is 24.2 Å². The number of allylic oxidation sites excluding steroid dienone is 1. The van der Waals surface area contributed by atoms with Gasteiger partial charge in [0, 0.05) is 46.7 Å². The minimum atomic E-state index is -0.899. The molecule has 3 unspecified atom stereocenters. The molecule has 0 radical (unpaired) electrons. The van der Waals surface area contributed by atoms with Gasteiger partial charge in [-0.3, -0.25) is 19.9 Å². The number of nitro benzene ring substituents is 1. The zero-order valence-electron chi connectivity index (χ0n) is 25.5. The molecule has 3 atom stereocenters. The fraction of sp³-hybridized carbons (Fsp3) is 0.485. The lowest BCUT2D eigenvalue weighted by Gasteiger charge is -2.32. The molecule has 0 saturated carbocycles. The number of hydrogen-bond acceptors (Lipinski definition) is 10. The van der Waals surface area contributed by atoms with E-state index in [2.05, 4.69) is 29.3 Å². The quantitative estimate of drug-likeness (QED) is 0.0769. The predicted octanol–water partition coefficient (Wildman–Crippen LogP) is 6.42. The minimum absolute atomic E-state index is 0.0764. The van der Waals surface area contributed by atoms with Crippen LogP contribution in [0.2, 0.25) is 0 Å². The third-order valence-electron chi connectivity index (χ3n) is 7.73. The molecule has 2 aliphatic rings. The Morgan fingerprint density at radius 2 is 1.93 bits per heavy atom. The highest BCUT2D eigenvalue weighted by atomic mass is 32.2. The Balaban J connectivity index is 1.34. The zero-order chi connectivity index (χ0) is 31.5. The molecule has 0 bridgehead atoms. The molecule has 2 aliphatic heterocycles. The second kappa shape index (κ2) is 16.5. The number of non-ortho nitro benzene ring substituents is 1. The number of ether oxygens (including phenoxy) is 4. The lowest BCUT2D eigenvalue weighted by molar-refractivity contribution is -0.384. The van der Waals surface area contributed by atoms with Crippen molar-refractivity contribution in [2.75, 3.05) is 32.7 Å². The van der Waals surface area contributed by atoms with Gasteiger partial charge in [-0.25, -0.2) is 4.79 Å². The number of rotatable bonds is 14. The predicted molar refractivity (Wildman–Crippen MR) is 168 cm³/mol. The highest BCUT2D eigenvalue weighted by molar-refractivity contribution is 7.99. The first-order valence-corrected chi connectivity index (χ1v) is 16.0. The first-order chi connectivity index (χ1) is 21.3. The molecular formula is C33H40N2O8S.